The maximum absolute atomic E-state index is 13.6. The molecule has 9 heteroatoms. The van der Waals surface area contributed by atoms with E-state index in [-0.39, 0.29) is 23.4 Å². The summed E-state index contributed by atoms with van der Waals surface area (Å²) in [5, 5.41) is 10.8. The number of halogens is 1. The van der Waals surface area contributed by atoms with Gasteiger partial charge in [0.05, 0.1) is 24.0 Å². The van der Waals surface area contributed by atoms with E-state index in [2.05, 4.69) is 15.7 Å². The molecule has 5 rings (SSSR count). The number of rotatable bonds is 8. The quantitative estimate of drug-likeness (QED) is 0.338. The summed E-state index contributed by atoms with van der Waals surface area (Å²) in [7, 11) is 1.56. The number of nitrogens with one attached hydrogen (secondary N) is 2. The molecule has 1 aliphatic carbocycles. The molecular weight excluding hydrogens is 480 g/mol. The minimum absolute atomic E-state index is 0.132. The molecule has 0 radical (unpaired) electrons. The fourth-order valence-electron chi connectivity index (χ4n) is 3.60. The molecule has 0 bridgehead atoms. The standard InChI is InChI=1S/C27H23ClN4O4/c1-35-20-8-5-9-21(15-20)36-24-16-29-32(23-11-3-2-10-22(23)28)27(34)25(24)30-19-7-4-6-17(14-19)26(33)31-18-12-13-18/h2-11,14-16,18,30H,12-13H2,1H3,(H,31,33). The Morgan fingerprint density at radius 1 is 1.03 bits per heavy atom. The van der Waals surface area contributed by atoms with Crippen molar-refractivity contribution in [3.05, 3.63) is 99.9 Å². The van der Waals surface area contributed by atoms with E-state index in [0.717, 1.165) is 12.8 Å². The molecule has 2 N–H and O–H groups in total. The Balaban J connectivity index is 1.55. The van der Waals surface area contributed by atoms with Crippen molar-refractivity contribution in [2.75, 3.05) is 12.4 Å². The van der Waals surface area contributed by atoms with Crippen LogP contribution in [0.1, 0.15) is 23.2 Å². The molecule has 0 unspecified atom stereocenters. The molecule has 36 heavy (non-hydrogen) atoms. The summed E-state index contributed by atoms with van der Waals surface area (Å²) in [5.41, 5.74) is 1.12. The van der Waals surface area contributed by atoms with Crippen LogP contribution in [0, 0.1) is 0 Å². The number of carbonyl (C=O) groups excluding carboxylic acids is 1. The van der Waals surface area contributed by atoms with Crippen LogP contribution in [0.15, 0.2) is 83.8 Å². The highest BCUT2D eigenvalue weighted by Crippen LogP contribution is 2.31. The lowest BCUT2D eigenvalue weighted by molar-refractivity contribution is 0.0951. The number of hydrogen-bond acceptors (Lipinski definition) is 6. The van der Waals surface area contributed by atoms with E-state index in [9.17, 15) is 9.59 Å². The van der Waals surface area contributed by atoms with Gasteiger partial charge in [-0.3, -0.25) is 9.59 Å². The van der Waals surface area contributed by atoms with Crippen LogP contribution in [0.25, 0.3) is 5.69 Å². The summed E-state index contributed by atoms with van der Waals surface area (Å²) in [6.07, 6.45) is 3.43. The van der Waals surface area contributed by atoms with Gasteiger partial charge < -0.3 is 20.1 Å². The molecule has 1 heterocycles. The monoisotopic (exact) mass is 502 g/mol. The summed E-state index contributed by atoms with van der Waals surface area (Å²) < 4.78 is 12.5. The van der Waals surface area contributed by atoms with Crippen molar-refractivity contribution in [2.45, 2.75) is 18.9 Å². The van der Waals surface area contributed by atoms with Gasteiger partial charge >= 0.3 is 0 Å². The van der Waals surface area contributed by atoms with E-state index in [0.29, 0.717) is 33.5 Å². The minimum atomic E-state index is -0.476. The molecule has 3 aromatic carbocycles. The lowest BCUT2D eigenvalue weighted by Gasteiger charge is -2.16. The van der Waals surface area contributed by atoms with E-state index >= 15 is 0 Å². The molecule has 0 spiro atoms. The number of nitrogens with zero attached hydrogens (tertiary/aromatic N) is 2. The first-order valence-electron chi connectivity index (χ1n) is 11.4. The zero-order valence-corrected chi connectivity index (χ0v) is 20.2. The Morgan fingerprint density at radius 2 is 1.81 bits per heavy atom. The van der Waals surface area contributed by atoms with Crippen LogP contribution in [-0.2, 0) is 0 Å². The molecule has 1 saturated carbocycles. The number of amides is 1. The summed E-state index contributed by atoms with van der Waals surface area (Å²) in [4.78, 5) is 26.2. The van der Waals surface area contributed by atoms with Crippen LogP contribution in [0.3, 0.4) is 0 Å². The molecule has 182 valence electrons. The highest BCUT2D eigenvalue weighted by molar-refractivity contribution is 6.32. The van der Waals surface area contributed by atoms with E-state index in [1.165, 1.54) is 10.9 Å². The lowest BCUT2D eigenvalue weighted by Crippen LogP contribution is -2.25. The first kappa shape index (κ1) is 23.4. The number of aromatic nitrogens is 2. The molecule has 1 aliphatic rings. The Labute approximate surface area is 212 Å². The van der Waals surface area contributed by atoms with E-state index in [1.807, 2.05) is 0 Å². The summed E-state index contributed by atoms with van der Waals surface area (Å²) in [5.74, 6) is 1.11. The molecule has 1 aromatic heterocycles. The molecule has 4 aromatic rings. The Morgan fingerprint density at radius 3 is 2.58 bits per heavy atom. The van der Waals surface area contributed by atoms with Crippen molar-refractivity contribution in [2.24, 2.45) is 0 Å². The van der Waals surface area contributed by atoms with Gasteiger partial charge in [0.15, 0.2) is 11.4 Å². The largest absolute Gasteiger partial charge is 0.497 e. The first-order chi connectivity index (χ1) is 17.5. The Hall–Kier alpha value is -4.30. The number of benzene rings is 3. The Kier molecular flexibility index (Phi) is 6.60. The van der Waals surface area contributed by atoms with Gasteiger partial charge in [-0.25, -0.2) is 0 Å². The van der Waals surface area contributed by atoms with Gasteiger partial charge in [-0.15, -0.1) is 0 Å². The molecule has 0 saturated heterocycles. The van der Waals surface area contributed by atoms with Crippen LogP contribution < -0.4 is 25.7 Å². The predicted octanol–water partition coefficient (Wildman–Crippen LogP) is 5.32. The third-order valence-electron chi connectivity index (χ3n) is 5.60. The van der Waals surface area contributed by atoms with Crippen LogP contribution in [-0.4, -0.2) is 28.8 Å². The van der Waals surface area contributed by atoms with E-state index < -0.39 is 5.56 Å². The summed E-state index contributed by atoms with van der Waals surface area (Å²) >= 11 is 6.34. The second-order valence-corrected chi connectivity index (χ2v) is 8.69. The normalized spacial score (nSPS) is 12.6. The van der Waals surface area contributed by atoms with Crippen molar-refractivity contribution in [1.82, 2.24) is 15.1 Å². The second kappa shape index (κ2) is 10.1. The highest BCUT2D eigenvalue weighted by atomic mass is 35.5. The zero-order valence-electron chi connectivity index (χ0n) is 19.4. The van der Waals surface area contributed by atoms with Crippen molar-refractivity contribution >= 4 is 28.9 Å². The molecule has 0 atom stereocenters. The zero-order chi connectivity index (χ0) is 25.1. The van der Waals surface area contributed by atoms with Gasteiger partial charge in [0, 0.05) is 23.4 Å². The number of para-hydroxylation sites is 1. The highest BCUT2D eigenvalue weighted by Gasteiger charge is 2.24. The summed E-state index contributed by atoms with van der Waals surface area (Å²) in [6.45, 7) is 0. The molecular formula is C27H23ClN4O4. The van der Waals surface area contributed by atoms with Crippen LogP contribution in [0.2, 0.25) is 5.02 Å². The third-order valence-corrected chi connectivity index (χ3v) is 5.92. The fourth-order valence-corrected chi connectivity index (χ4v) is 3.81. The number of ether oxygens (including phenoxy) is 2. The maximum Gasteiger partial charge on any atom is 0.299 e. The number of hydrogen-bond donors (Lipinski definition) is 2. The first-order valence-corrected chi connectivity index (χ1v) is 11.8. The van der Waals surface area contributed by atoms with Crippen molar-refractivity contribution in [3.63, 3.8) is 0 Å². The maximum atomic E-state index is 13.6. The van der Waals surface area contributed by atoms with Crippen molar-refractivity contribution in [1.29, 1.82) is 0 Å². The number of methoxy groups -OCH3 is 1. The second-order valence-electron chi connectivity index (χ2n) is 8.29. The van der Waals surface area contributed by atoms with Crippen LogP contribution >= 0.6 is 11.6 Å². The van der Waals surface area contributed by atoms with E-state index in [4.69, 9.17) is 21.1 Å². The summed E-state index contributed by atoms with van der Waals surface area (Å²) in [6, 6.07) is 21.1. The lowest BCUT2D eigenvalue weighted by atomic mass is 10.2. The third kappa shape index (κ3) is 5.18. The van der Waals surface area contributed by atoms with E-state index in [1.54, 1.807) is 79.9 Å². The fraction of sp³-hybridized carbons (Fsp3) is 0.148. The van der Waals surface area contributed by atoms with Gasteiger partial charge in [-0.1, -0.05) is 35.9 Å². The molecule has 0 aliphatic heterocycles. The average Bonchev–Trinajstić information content (AvgIpc) is 3.71. The van der Waals surface area contributed by atoms with Gasteiger partial charge in [0.1, 0.15) is 11.5 Å². The molecule has 1 amide bonds. The van der Waals surface area contributed by atoms with Gasteiger partial charge in [0.2, 0.25) is 0 Å². The molecule has 8 nitrogen and oxygen atoms in total. The van der Waals surface area contributed by atoms with Gasteiger partial charge in [0.25, 0.3) is 11.5 Å². The average molecular weight is 503 g/mol. The SMILES string of the molecule is COc1cccc(Oc2cnn(-c3ccccc3Cl)c(=O)c2Nc2cccc(C(=O)NC3CC3)c2)c1. The minimum Gasteiger partial charge on any atom is -0.497 e. The van der Waals surface area contributed by atoms with Gasteiger partial charge in [-0.2, -0.15) is 9.78 Å². The Bertz CT molecular complexity index is 1480. The predicted molar refractivity (Wildman–Crippen MR) is 138 cm³/mol. The van der Waals surface area contributed by atoms with Crippen molar-refractivity contribution in [3.8, 4) is 22.9 Å². The number of anilines is 2. The molecule has 1 fully saturated rings. The topological polar surface area (TPSA) is 94.5 Å². The van der Waals surface area contributed by atoms with Crippen LogP contribution in [0.5, 0.6) is 17.2 Å². The van der Waals surface area contributed by atoms with Crippen LogP contribution in [0.4, 0.5) is 11.4 Å². The van der Waals surface area contributed by atoms with Crippen molar-refractivity contribution < 1.29 is 14.3 Å². The van der Waals surface area contributed by atoms with Gasteiger partial charge in [-0.05, 0) is 55.3 Å². The number of carbonyl (C=O) groups is 1. The smallest absolute Gasteiger partial charge is 0.299 e.